The molecule has 4 nitrogen and oxygen atoms in total. The first-order valence-corrected chi connectivity index (χ1v) is 7.45. The third-order valence-electron chi connectivity index (χ3n) is 4.42. The highest BCUT2D eigenvalue weighted by atomic mass is 15.3. The summed E-state index contributed by atoms with van der Waals surface area (Å²) in [4.78, 5) is 0. The Morgan fingerprint density at radius 1 is 1.10 bits per heavy atom. The Hall–Kier alpha value is -1.68. The van der Waals surface area contributed by atoms with Gasteiger partial charge < -0.3 is 5.73 Å². The molecule has 1 aliphatic carbocycles. The molecule has 1 aliphatic rings. The number of hydrogen-bond acceptors (Lipinski definition) is 3. The van der Waals surface area contributed by atoms with Crippen molar-refractivity contribution in [2.75, 3.05) is 0 Å². The average molecular weight is 270 g/mol. The van der Waals surface area contributed by atoms with Crippen LogP contribution in [-0.4, -0.2) is 14.8 Å². The highest BCUT2D eigenvalue weighted by Gasteiger charge is 2.34. The van der Waals surface area contributed by atoms with Gasteiger partial charge in [0, 0.05) is 11.1 Å². The van der Waals surface area contributed by atoms with E-state index >= 15 is 0 Å². The number of nitrogens with two attached hydrogens (primary N) is 1. The number of aromatic nitrogens is 3. The first kappa shape index (κ1) is 13.3. The number of rotatable bonds is 3. The lowest BCUT2D eigenvalue weighted by atomic mass is 9.75. The molecule has 106 valence electrons. The maximum absolute atomic E-state index is 5.85. The van der Waals surface area contributed by atoms with E-state index < -0.39 is 0 Å². The summed E-state index contributed by atoms with van der Waals surface area (Å²) in [5.41, 5.74) is 7.08. The fourth-order valence-corrected chi connectivity index (χ4v) is 3.24. The van der Waals surface area contributed by atoms with Crippen LogP contribution in [0.1, 0.15) is 50.7 Å². The van der Waals surface area contributed by atoms with Crippen LogP contribution < -0.4 is 5.73 Å². The van der Waals surface area contributed by atoms with E-state index in [4.69, 9.17) is 5.73 Å². The Bertz CT molecular complexity index is 567. The van der Waals surface area contributed by atoms with Gasteiger partial charge >= 0.3 is 0 Å². The highest BCUT2D eigenvalue weighted by Crippen LogP contribution is 2.39. The van der Waals surface area contributed by atoms with Gasteiger partial charge in [-0.1, -0.05) is 44.4 Å². The monoisotopic (exact) mass is 270 g/mol. The van der Waals surface area contributed by atoms with E-state index in [1.165, 1.54) is 32.1 Å². The molecule has 1 saturated carbocycles. The van der Waals surface area contributed by atoms with E-state index in [0.29, 0.717) is 6.54 Å². The van der Waals surface area contributed by atoms with Crippen LogP contribution in [0, 0.1) is 0 Å². The number of para-hydroxylation sites is 1. The zero-order chi connectivity index (χ0) is 14.0. The van der Waals surface area contributed by atoms with Crippen molar-refractivity contribution in [2.24, 2.45) is 5.73 Å². The minimum atomic E-state index is 0.120. The van der Waals surface area contributed by atoms with Crippen LogP contribution in [0.15, 0.2) is 30.3 Å². The summed E-state index contributed by atoms with van der Waals surface area (Å²) in [6, 6.07) is 10.3. The number of nitrogens with zero attached hydrogens (tertiary/aromatic N) is 3. The molecule has 0 radical (unpaired) electrons. The molecule has 2 N–H and O–H groups in total. The van der Waals surface area contributed by atoms with Crippen molar-refractivity contribution in [3.63, 3.8) is 0 Å². The van der Waals surface area contributed by atoms with Gasteiger partial charge in [0.15, 0.2) is 5.82 Å². The molecule has 1 aromatic carbocycles. The third kappa shape index (κ3) is 2.24. The van der Waals surface area contributed by atoms with Crippen LogP contribution in [0.3, 0.4) is 0 Å². The zero-order valence-corrected chi connectivity index (χ0v) is 12.0. The quantitative estimate of drug-likeness (QED) is 0.933. The lowest BCUT2D eigenvalue weighted by Crippen LogP contribution is -2.29. The van der Waals surface area contributed by atoms with Crippen LogP contribution in [0.4, 0.5) is 0 Å². The van der Waals surface area contributed by atoms with E-state index in [1.807, 2.05) is 18.2 Å². The first-order valence-electron chi connectivity index (χ1n) is 7.45. The highest BCUT2D eigenvalue weighted by molar-refractivity contribution is 5.35. The van der Waals surface area contributed by atoms with Crippen molar-refractivity contribution in [3.8, 4) is 5.69 Å². The van der Waals surface area contributed by atoms with Crippen molar-refractivity contribution in [1.82, 2.24) is 14.8 Å². The van der Waals surface area contributed by atoms with Gasteiger partial charge in [0.1, 0.15) is 5.82 Å². The molecule has 2 aromatic rings. The van der Waals surface area contributed by atoms with Crippen LogP contribution in [0.5, 0.6) is 0 Å². The summed E-state index contributed by atoms with van der Waals surface area (Å²) < 4.78 is 2.16. The molecule has 20 heavy (non-hydrogen) atoms. The predicted molar refractivity (Wildman–Crippen MR) is 79.7 cm³/mol. The van der Waals surface area contributed by atoms with E-state index in [9.17, 15) is 0 Å². The number of benzene rings is 1. The standard InChI is InChI=1S/C16H22N4/c1-16(10-6-3-7-11-16)15-19-18-14(12-17)20(15)13-8-4-2-5-9-13/h2,4-5,8-9H,3,6-7,10-12,17H2,1H3. The van der Waals surface area contributed by atoms with Gasteiger partial charge in [-0.05, 0) is 25.0 Å². The molecule has 0 bridgehead atoms. The van der Waals surface area contributed by atoms with Crippen LogP contribution in [0.2, 0.25) is 0 Å². The largest absolute Gasteiger partial charge is 0.324 e. The first-order chi connectivity index (χ1) is 9.74. The van der Waals surface area contributed by atoms with Gasteiger partial charge in [0.25, 0.3) is 0 Å². The Labute approximate surface area is 120 Å². The zero-order valence-electron chi connectivity index (χ0n) is 12.0. The molecule has 0 atom stereocenters. The minimum Gasteiger partial charge on any atom is -0.324 e. The van der Waals surface area contributed by atoms with Gasteiger partial charge in [-0.2, -0.15) is 0 Å². The molecule has 1 fully saturated rings. The molecular formula is C16H22N4. The summed E-state index contributed by atoms with van der Waals surface area (Å²) >= 11 is 0. The fourth-order valence-electron chi connectivity index (χ4n) is 3.24. The summed E-state index contributed by atoms with van der Waals surface area (Å²) in [5, 5.41) is 8.81. The third-order valence-corrected chi connectivity index (χ3v) is 4.42. The second kappa shape index (κ2) is 5.37. The van der Waals surface area contributed by atoms with E-state index in [2.05, 4.69) is 33.8 Å². The molecule has 0 saturated heterocycles. The Balaban J connectivity index is 2.10. The molecule has 0 spiro atoms. The van der Waals surface area contributed by atoms with Gasteiger partial charge in [0.2, 0.25) is 0 Å². The van der Waals surface area contributed by atoms with E-state index in [0.717, 1.165) is 17.3 Å². The molecule has 0 amide bonds. The van der Waals surface area contributed by atoms with Gasteiger partial charge in [-0.25, -0.2) is 0 Å². The summed E-state index contributed by atoms with van der Waals surface area (Å²) in [6.45, 7) is 2.73. The summed E-state index contributed by atoms with van der Waals surface area (Å²) in [7, 11) is 0. The summed E-state index contributed by atoms with van der Waals surface area (Å²) in [6.07, 6.45) is 6.25. The van der Waals surface area contributed by atoms with Crippen molar-refractivity contribution < 1.29 is 0 Å². The Morgan fingerprint density at radius 3 is 2.45 bits per heavy atom. The SMILES string of the molecule is CC1(c2nnc(CN)n2-c2ccccc2)CCCCC1. The normalized spacial score (nSPS) is 18.1. The van der Waals surface area contributed by atoms with E-state index in [1.54, 1.807) is 0 Å². The molecule has 4 heteroatoms. The minimum absolute atomic E-state index is 0.120. The van der Waals surface area contributed by atoms with Crippen LogP contribution in [0.25, 0.3) is 5.69 Å². The van der Waals surface area contributed by atoms with Crippen LogP contribution in [-0.2, 0) is 12.0 Å². The molecule has 3 rings (SSSR count). The van der Waals surface area contributed by atoms with Crippen molar-refractivity contribution in [3.05, 3.63) is 42.0 Å². The van der Waals surface area contributed by atoms with Crippen LogP contribution >= 0.6 is 0 Å². The fraction of sp³-hybridized carbons (Fsp3) is 0.500. The predicted octanol–water partition coefficient (Wildman–Crippen LogP) is 2.95. The topological polar surface area (TPSA) is 56.7 Å². The van der Waals surface area contributed by atoms with Crippen molar-refractivity contribution in [2.45, 2.75) is 51.0 Å². The lowest BCUT2D eigenvalue weighted by Gasteiger charge is -2.33. The lowest BCUT2D eigenvalue weighted by molar-refractivity contribution is 0.300. The molecule has 0 unspecified atom stereocenters. The van der Waals surface area contributed by atoms with Gasteiger partial charge in [-0.15, -0.1) is 10.2 Å². The molecule has 0 aliphatic heterocycles. The second-order valence-electron chi connectivity index (χ2n) is 5.94. The Morgan fingerprint density at radius 2 is 1.80 bits per heavy atom. The maximum atomic E-state index is 5.85. The maximum Gasteiger partial charge on any atom is 0.151 e. The molecule has 1 heterocycles. The second-order valence-corrected chi connectivity index (χ2v) is 5.94. The average Bonchev–Trinajstić information content (AvgIpc) is 2.93. The Kier molecular flexibility index (Phi) is 3.57. The number of hydrogen-bond donors (Lipinski definition) is 1. The molecule has 1 aromatic heterocycles. The summed E-state index contributed by atoms with van der Waals surface area (Å²) in [5.74, 6) is 1.92. The van der Waals surface area contributed by atoms with E-state index in [-0.39, 0.29) is 5.41 Å². The van der Waals surface area contributed by atoms with Gasteiger partial charge in [-0.3, -0.25) is 4.57 Å². The van der Waals surface area contributed by atoms with Crippen molar-refractivity contribution >= 4 is 0 Å². The smallest absolute Gasteiger partial charge is 0.151 e. The van der Waals surface area contributed by atoms with Gasteiger partial charge in [0.05, 0.1) is 6.54 Å². The van der Waals surface area contributed by atoms with Crippen molar-refractivity contribution in [1.29, 1.82) is 0 Å². The molecular weight excluding hydrogens is 248 g/mol.